The number of nitrogens with one attached hydrogen (secondary N) is 2. The molecule has 1 saturated heterocycles. The van der Waals surface area contributed by atoms with Crippen LogP contribution in [0.2, 0.25) is 0 Å². The van der Waals surface area contributed by atoms with Crippen LogP contribution >= 0.6 is 11.3 Å². The molecule has 1 atom stereocenters. The van der Waals surface area contributed by atoms with Crippen molar-refractivity contribution in [1.29, 1.82) is 0 Å². The summed E-state index contributed by atoms with van der Waals surface area (Å²) in [4.78, 5) is 28.5. The third-order valence-corrected chi connectivity index (χ3v) is 5.05. The maximum Gasteiger partial charge on any atom is 0.322 e. The number of nitrogens with zero attached hydrogens (tertiary/aromatic N) is 2. The summed E-state index contributed by atoms with van der Waals surface area (Å²) in [6, 6.07) is 4.64. The molecule has 0 spiro atoms. The zero-order valence-electron chi connectivity index (χ0n) is 13.6. The average molecular weight is 373 g/mol. The van der Waals surface area contributed by atoms with Crippen molar-refractivity contribution in [2.24, 2.45) is 0 Å². The summed E-state index contributed by atoms with van der Waals surface area (Å²) in [5, 5.41) is 18.7. The minimum absolute atomic E-state index is 0.0451. The van der Waals surface area contributed by atoms with E-state index in [-0.39, 0.29) is 17.6 Å². The summed E-state index contributed by atoms with van der Waals surface area (Å²) in [5.41, 5.74) is 4.56. The first kappa shape index (κ1) is 16.2. The third-order valence-electron chi connectivity index (χ3n) is 4.38. The van der Waals surface area contributed by atoms with E-state index in [1.165, 1.54) is 11.7 Å². The number of aromatic nitrogens is 2. The zero-order chi connectivity index (χ0) is 18.5. The van der Waals surface area contributed by atoms with Crippen molar-refractivity contribution in [3.8, 4) is 11.6 Å². The van der Waals surface area contributed by atoms with Gasteiger partial charge in [0.1, 0.15) is 5.75 Å². The number of carbonyl (C=O) groups excluding carboxylic acids is 2. The molecule has 1 fully saturated rings. The highest BCUT2D eigenvalue weighted by atomic mass is 32.1. The lowest BCUT2D eigenvalue weighted by molar-refractivity contribution is -0.124. The van der Waals surface area contributed by atoms with Crippen molar-refractivity contribution in [3.05, 3.63) is 35.5 Å². The second kappa shape index (κ2) is 5.63. The number of methoxy groups -OCH3 is 1. The van der Waals surface area contributed by atoms with Crippen LogP contribution in [0.3, 0.4) is 0 Å². The second-order valence-corrected chi connectivity index (χ2v) is 6.81. The molecule has 26 heavy (non-hydrogen) atoms. The summed E-state index contributed by atoms with van der Waals surface area (Å²) in [6.07, 6.45) is 1.69. The number of aromatic hydroxyl groups is 1. The smallest absolute Gasteiger partial charge is 0.322 e. The van der Waals surface area contributed by atoms with E-state index in [1.54, 1.807) is 29.8 Å². The van der Waals surface area contributed by atoms with Crippen molar-refractivity contribution in [1.82, 2.24) is 20.2 Å². The van der Waals surface area contributed by atoms with E-state index in [4.69, 9.17) is 10.5 Å². The third kappa shape index (κ3) is 2.34. The van der Waals surface area contributed by atoms with E-state index in [2.05, 4.69) is 15.6 Å². The van der Waals surface area contributed by atoms with Gasteiger partial charge in [-0.15, -0.1) is 11.3 Å². The molecule has 0 saturated carbocycles. The number of ether oxygens (including phenoxy) is 1. The molecule has 134 valence electrons. The topological polar surface area (TPSA) is 131 Å². The molecule has 0 radical (unpaired) electrons. The zero-order valence-corrected chi connectivity index (χ0v) is 14.5. The number of rotatable bonds is 4. The highest BCUT2D eigenvalue weighted by molar-refractivity contribution is 7.13. The first-order valence-corrected chi connectivity index (χ1v) is 8.52. The Balaban J connectivity index is 1.82. The Hall–Kier alpha value is -3.27. The number of nitrogens with two attached hydrogens (primary N) is 1. The minimum atomic E-state index is -1.46. The van der Waals surface area contributed by atoms with Gasteiger partial charge < -0.3 is 25.5 Å². The number of urea groups is 1. The number of hydrogen-bond acceptors (Lipinski definition) is 7. The lowest BCUT2D eigenvalue weighted by atomic mass is 9.96. The highest BCUT2D eigenvalue weighted by Gasteiger charge is 2.50. The van der Waals surface area contributed by atoms with Crippen molar-refractivity contribution >= 4 is 39.2 Å². The van der Waals surface area contributed by atoms with Gasteiger partial charge in [-0.2, -0.15) is 0 Å². The summed E-state index contributed by atoms with van der Waals surface area (Å²) >= 11 is 1.16. The van der Waals surface area contributed by atoms with Crippen LogP contribution in [0.1, 0.15) is 5.69 Å². The van der Waals surface area contributed by atoms with Crippen molar-refractivity contribution < 1.29 is 19.4 Å². The Bertz CT molecular complexity index is 1040. The predicted octanol–water partition coefficient (Wildman–Crippen LogP) is 1.13. The molecule has 5 N–H and O–H groups in total. The van der Waals surface area contributed by atoms with Gasteiger partial charge in [-0.1, -0.05) is 0 Å². The molecule has 10 heteroatoms. The standard InChI is InChI=1S/C16H15N5O4S/c1-25-9-3-2-8-5-21(12(22)10(8)4-9)7-16(11-6-26-14(17)18-11)13(23)19-15(24)20-16/h2-6,22H,7H2,1H3,(H2,17,18)(H2,19,20,23,24)/t16-/m0/s1. The van der Waals surface area contributed by atoms with Crippen LogP contribution in [0.15, 0.2) is 29.8 Å². The van der Waals surface area contributed by atoms with Gasteiger partial charge in [0, 0.05) is 22.3 Å². The number of benzene rings is 1. The maximum atomic E-state index is 12.6. The quantitative estimate of drug-likeness (QED) is 0.507. The van der Waals surface area contributed by atoms with E-state index in [0.717, 1.165) is 16.7 Å². The van der Waals surface area contributed by atoms with Gasteiger partial charge in [0.05, 0.1) is 19.3 Å². The summed E-state index contributed by atoms with van der Waals surface area (Å²) in [7, 11) is 1.54. The fraction of sp³-hybridized carbons (Fsp3) is 0.188. The lowest BCUT2D eigenvalue weighted by Gasteiger charge is -2.24. The normalized spacial score (nSPS) is 19.6. The summed E-state index contributed by atoms with van der Waals surface area (Å²) < 4.78 is 6.67. The number of carbonyl (C=O) groups is 2. The Labute approximate surface area is 151 Å². The molecule has 3 heterocycles. The first-order chi connectivity index (χ1) is 12.4. The molecule has 1 aromatic carbocycles. The fourth-order valence-electron chi connectivity index (χ4n) is 3.08. The van der Waals surface area contributed by atoms with Gasteiger partial charge in [0.25, 0.3) is 5.91 Å². The summed E-state index contributed by atoms with van der Waals surface area (Å²) in [6.45, 7) is -0.0451. The van der Waals surface area contributed by atoms with E-state index >= 15 is 0 Å². The number of nitrogen functional groups attached to an aromatic ring is 1. The van der Waals surface area contributed by atoms with Crippen LogP contribution in [0.5, 0.6) is 11.6 Å². The van der Waals surface area contributed by atoms with Crippen molar-refractivity contribution in [2.45, 2.75) is 12.1 Å². The molecule has 3 amide bonds. The number of fused-ring (bicyclic) bond motifs is 1. The predicted molar refractivity (Wildman–Crippen MR) is 95.0 cm³/mol. The van der Waals surface area contributed by atoms with Crippen LogP contribution < -0.4 is 21.1 Å². The van der Waals surface area contributed by atoms with Crippen LogP contribution in [-0.2, 0) is 16.9 Å². The number of hydrogen-bond donors (Lipinski definition) is 4. The van der Waals surface area contributed by atoms with Crippen molar-refractivity contribution in [3.63, 3.8) is 0 Å². The van der Waals surface area contributed by atoms with Gasteiger partial charge in [0.2, 0.25) is 0 Å². The number of amides is 3. The number of anilines is 1. The first-order valence-electron chi connectivity index (χ1n) is 7.64. The van der Waals surface area contributed by atoms with Gasteiger partial charge in [-0.05, 0) is 18.2 Å². The van der Waals surface area contributed by atoms with Gasteiger partial charge in [-0.3, -0.25) is 10.1 Å². The van der Waals surface area contributed by atoms with Crippen LogP contribution in [0, 0.1) is 0 Å². The Morgan fingerprint density at radius 1 is 1.42 bits per heavy atom. The molecular formula is C16H15N5O4S. The van der Waals surface area contributed by atoms with E-state index in [9.17, 15) is 14.7 Å². The molecular weight excluding hydrogens is 358 g/mol. The molecule has 4 rings (SSSR count). The monoisotopic (exact) mass is 373 g/mol. The Kier molecular flexibility index (Phi) is 3.51. The lowest BCUT2D eigenvalue weighted by Crippen LogP contribution is -2.47. The Morgan fingerprint density at radius 2 is 2.23 bits per heavy atom. The van der Waals surface area contributed by atoms with E-state index in [1.807, 2.05) is 0 Å². The van der Waals surface area contributed by atoms with Crippen LogP contribution in [0.25, 0.3) is 10.8 Å². The maximum absolute atomic E-state index is 12.6. The number of thiazole rings is 1. The van der Waals surface area contributed by atoms with E-state index < -0.39 is 17.5 Å². The molecule has 1 aliphatic rings. The second-order valence-electron chi connectivity index (χ2n) is 5.92. The molecule has 2 aromatic heterocycles. The van der Waals surface area contributed by atoms with Crippen LogP contribution in [0.4, 0.5) is 9.93 Å². The summed E-state index contributed by atoms with van der Waals surface area (Å²) in [5.74, 6) is -0.00240. The highest BCUT2D eigenvalue weighted by Crippen LogP contribution is 2.35. The molecule has 0 unspecified atom stereocenters. The average Bonchev–Trinajstić information content (AvgIpc) is 3.26. The number of imide groups is 1. The van der Waals surface area contributed by atoms with Gasteiger partial charge in [-0.25, -0.2) is 9.78 Å². The van der Waals surface area contributed by atoms with E-state index in [0.29, 0.717) is 16.8 Å². The largest absolute Gasteiger partial charge is 0.497 e. The molecule has 0 bridgehead atoms. The molecule has 0 aliphatic carbocycles. The molecule has 1 aliphatic heterocycles. The SMILES string of the molecule is COc1ccc2cn(C[C@@]3(c4csc(N)n4)NC(=O)NC3=O)c(O)c2c1. The fourth-order valence-corrected chi connectivity index (χ4v) is 3.71. The van der Waals surface area contributed by atoms with Crippen LogP contribution in [-0.4, -0.2) is 33.7 Å². The molecule has 3 aromatic rings. The minimum Gasteiger partial charge on any atom is -0.497 e. The van der Waals surface area contributed by atoms with Gasteiger partial charge in [0.15, 0.2) is 16.6 Å². The molecule has 9 nitrogen and oxygen atoms in total. The van der Waals surface area contributed by atoms with Gasteiger partial charge >= 0.3 is 6.03 Å². The van der Waals surface area contributed by atoms with Crippen molar-refractivity contribution in [2.75, 3.05) is 12.8 Å². The Morgan fingerprint density at radius 3 is 2.85 bits per heavy atom.